The standard InChI is InChI=1S/C20H26FN3O/c1-15-3-2-8-24(13-15)20(25)17-6-9-23(10-7-17)14-18-5-4-16(12-22)11-19(18)21/h4-5,11,15,17H,2-3,6-10,13-14H2,1H3/t15-/m0/s1. The van der Waals surface area contributed by atoms with Crippen LogP contribution in [0.1, 0.15) is 43.7 Å². The number of halogens is 1. The summed E-state index contributed by atoms with van der Waals surface area (Å²) in [6.45, 7) is 6.20. The van der Waals surface area contributed by atoms with E-state index in [1.54, 1.807) is 12.1 Å². The maximum atomic E-state index is 14.0. The molecule has 0 aromatic heterocycles. The summed E-state index contributed by atoms with van der Waals surface area (Å²) in [4.78, 5) is 17.0. The van der Waals surface area contributed by atoms with E-state index in [9.17, 15) is 9.18 Å². The minimum absolute atomic E-state index is 0.118. The molecule has 4 nitrogen and oxygen atoms in total. The van der Waals surface area contributed by atoms with E-state index in [-0.39, 0.29) is 11.7 Å². The van der Waals surface area contributed by atoms with Crippen LogP contribution in [0.4, 0.5) is 4.39 Å². The fraction of sp³-hybridized carbons (Fsp3) is 0.600. The lowest BCUT2D eigenvalue weighted by Gasteiger charge is -2.37. The summed E-state index contributed by atoms with van der Waals surface area (Å²) in [5.74, 6) is 0.722. The van der Waals surface area contributed by atoms with E-state index in [2.05, 4.69) is 16.7 Å². The Morgan fingerprint density at radius 2 is 2.04 bits per heavy atom. The van der Waals surface area contributed by atoms with Crippen LogP contribution < -0.4 is 0 Å². The average Bonchev–Trinajstić information content (AvgIpc) is 2.63. The minimum atomic E-state index is -0.320. The second kappa shape index (κ2) is 7.97. The first-order valence-electron chi connectivity index (χ1n) is 9.26. The van der Waals surface area contributed by atoms with E-state index in [1.165, 1.54) is 12.5 Å². The van der Waals surface area contributed by atoms with Crippen molar-refractivity contribution in [1.82, 2.24) is 9.80 Å². The van der Waals surface area contributed by atoms with Crippen molar-refractivity contribution in [3.8, 4) is 6.07 Å². The normalized spacial score (nSPS) is 22.6. The van der Waals surface area contributed by atoms with E-state index in [1.807, 2.05) is 6.07 Å². The second-order valence-electron chi connectivity index (χ2n) is 7.50. The molecule has 3 rings (SSSR count). The fourth-order valence-corrected chi connectivity index (χ4v) is 3.97. The Morgan fingerprint density at radius 3 is 2.68 bits per heavy atom. The van der Waals surface area contributed by atoms with Gasteiger partial charge in [-0.2, -0.15) is 5.26 Å². The van der Waals surface area contributed by atoms with Crippen molar-refractivity contribution in [3.63, 3.8) is 0 Å². The number of carbonyl (C=O) groups is 1. The Labute approximate surface area is 149 Å². The van der Waals surface area contributed by atoms with Gasteiger partial charge in [-0.3, -0.25) is 9.69 Å². The van der Waals surface area contributed by atoms with Crippen molar-refractivity contribution in [1.29, 1.82) is 5.26 Å². The predicted octanol–water partition coefficient (Wildman–Crippen LogP) is 3.17. The third-order valence-electron chi connectivity index (χ3n) is 5.48. The highest BCUT2D eigenvalue weighted by molar-refractivity contribution is 5.79. The maximum absolute atomic E-state index is 14.0. The minimum Gasteiger partial charge on any atom is -0.342 e. The van der Waals surface area contributed by atoms with Gasteiger partial charge in [0.2, 0.25) is 5.91 Å². The molecule has 0 saturated carbocycles. The highest BCUT2D eigenvalue weighted by atomic mass is 19.1. The summed E-state index contributed by atoms with van der Waals surface area (Å²) in [5.41, 5.74) is 0.968. The van der Waals surface area contributed by atoms with E-state index in [0.29, 0.717) is 29.5 Å². The van der Waals surface area contributed by atoms with E-state index < -0.39 is 0 Å². The summed E-state index contributed by atoms with van der Waals surface area (Å²) < 4.78 is 14.0. The molecule has 0 radical (unpaired) electrons. The van der Waals surface area contributed by atoms with Gasteiger partial charge in [-0.05, 0) is 56.8 Å². The molecule has 2 aliphatic heterocycles. The number of carbonyl (C=O) groups excluding carboxylic acids is 1. The number of hydrogen-bond acceptors (Lipinski definition) is 3. The van der Waals surface area contributed by atoms with Gasteiger partial charge >= 0.3 is 0 Å². The molecule has 1 aromatic carbocycles. The number of nitriles is 1. The fourth-order valence-electron chi connectivity index (χ4n) is 3.97. The first kappa shape index (κ1) is 17.9. The number of piperidine rings is 2. The zero-order valence-corrected chi connectivity index (χ0v) is 14.9. The zero-order valence-electron chi connectivity index (χ0n) is 14.9. The van der Waals surface area contributed by atoms with Crippen LogP contribution in [0.5, 0.6) is 0 Å². The van der Waals surface area contributed by atoms with E-state index >= 15 is 0 Å². The van der Waals surface area contributed by atoms with Crippen LogP contribution >= 0.6 is 0 Å². The lowest BCUT2D eigenvalue weighted by molar-refractivity contribution is -0.138. The summed E-state index contributed by atoms with van der Waals surface area (Å²) in [6.07, 6.45) is 4.03. The molecule has 1 atom stereocenters. The molecular weight excluding hydrogens is 317 g/mol. The third kappa shape index (κ3) is 4.38. The maximum Gasteiger partial charge on any atom is 0.225 e. The van der Waals surface area contributed by atoms with Crippen LogP contribution in [-0.4, -0.2) is 41.9 Å². The molecule has 0 spiro atoms. The number of benzene rings is 1. The number of hydrogen-bond donors (Lipinski definition) is 0. The monoisotopic (exact) mass is 343 g/mol. The van der Waals surface area contributed by atoms with Crippen LogP contribution in [0.3, 0.4) is 0 Å². The van der Waals surface area contributed by atoms with Gasteiger partial charge in [0.1, 0.15) is 5.82 Å². The van der Waals surface area contributed by atoms with Gasteiger partial charge < -0.3 is 4.90 Å². The number of nitrogens with zero attached hydrogens (tertiary/aromatic N) is 3. The molecular formula is C20H26FN3O. The molecule has 134 valence electrons. The Bertz CT molecular complexity index is 661. The van der Waals surface area contributed by atoms with Crippen molar-refractivity contribution >= 4 is 5.91 Å². The highest BCUT2D eigenvalue weighted by Gasteiger charge is 2.30. The molecule has 1 amide bonds. The lowest BCUT2D eigenvalue weighted by atomic mass is 9.92. The number of likely N-dealkylation sites (tertiary alicyclic amines) is 2. The quantitative estimate of drug-likeness (QED) is 0.847. The topological polar surface area (TPSA) is 47.3 Å². The molecule has 0 aliphatic carbocycles. The van der Waals surface area contributed by atoms with E-state index in [4.69, 9.17) is 5.26 Å². The highest BCUT2D eigenvalue weighted by Crippen LogP contribution is 2.25. The van der Waals surface area contributed by atoms with Crippen molar-refractivity contribution in [2.75, 3.05) is 26.2 Å². The Balaban J connectivity index is 1.52. The summed E-state index contributed by atoms with van der Waals surface area (Å²) in [5, 5.41) is 8.82. The summed E-state index contributed by atoms with van der Waals surface area (Å²) >= 11 is 0. The molecule has 2 aliphatic rings. The first-order chi connectivity index (χ1) is 12.1. The van der Waals surface area contributed by atoms with Crippen molar-refractivity contribution in [2.24, 2.45) is 11.8 Å². The van der Waals surface area contributed by atoms with Gasteiger partial charge in [-0.25, -0.2) is 4.39 Å². The van der Waals surface area contributed by atoms with Gasteiger partial charge in [0.15, 0.2) is 0 Å². The lowest BCUT2D eigenvalue weighted by Crippen LogP contribution is -2.45. The van der Waals surface area contributed by atoms with Crippen molar-refractivity contribution in [2.45, 2.75) is 39.2 Å². The molecule has 2 saturated heterocycles. The van der Waals surface area contributed by atoms with Crippen molar-refractivity contribution < 1.29 is 9.18 Å². The largest absolute Gasteiger partial charge is 0.342 e. The SMILES string of the molecule is C[C@H]1CCCN(C(=O)C2CCN(Cc3ccc(C#N)cc3F)CC2)C1. The van der Waals surface area contributed by atoms with Crippen LogP contribution in [0.25, 0.3) is 0 Å². The molecule has 0 N–H and O–H groups in total. The van der Waals surface area contributed by atoms with Gasteiger partial charge in [0, 0.05) is 31.1 Å². The summed E-state index contributed by atoms with van der Waals surface area (Å²) in [7, 11) is 0. The third-order valence-corrected chi connectivity index (χ3v) is 5.48. The Hall–Kier alpha value is -1.93. The molecule has 2 fully saturated rings. The van der Waals surface area contributed by atoms with Crippen LogP contribution in [0.15, 0.2) is 18.2 Å². The molecule has 0 bridgehead atoms. The van der Waals surface area contributed by atoms with Crippen LogP contribution in [0, 0.1) is 29.0 Å². The number of amides is 1. The Morgan fingerprint density at radius 1 is 1.28 bits per heavy atom. The van der Waals surface area contributed by atoms with Gasteiger partial charge in [-0.1, -0.05) is 13.0 Å². The van der Waals surface area contributed by atoms with E-state index in [0.717, 1.165) is 45.4 Å². The molecule has 1 aromatic rings. The predicted molar refractivity (Wildman–Crippen MR) is 94.1 cm³/mol. The Kier molecular flexibility index (Phi) is 5.70. The molecule has 5 heteroatoms. The molecule has 2 heterocycles. The van der Waals surface area contributed by atoms with Gasteiger partial charge in [-0.15, -0.1) is 0 Å². The summed E-state index contributed by atoms with van der Waals surface area (Å²) in [6, 6.07) is 6.60. The number of rotatable bonds is 3. The zero-order chi connectivity index (χ0) is 17.8. The average molecular weight is 343 g/mol. The molecule has 0 unspecified atom stereocenters. The molecule has 25 heavy (non-hydrogen) atoms. The van der Waals surface area contributed by atoms with Crippen LogP contribution in [-0.2, 0) is 11.3 Å². The van der Waals surface area contributed by atoms with Gasteiger partial charge in [0.05, 0.1) is 11.6 Å². The van der Waals surface area contributed by atoms with Gasteiger partial charge in [0.25, 0.3) is 0 Å². The van der Waals surface area contributed by atoms with Crippen molar-refractivity contribution in [3.05, 3.63) is 35.1 Å². The smallest absolute Gasteiger partial charge is 0.225 e. The van der Waals surface area contributed by atoms with Crippen LogP contribution in [0.2, 0.25) is 0 Å². The first-order valence-corrected chi connectivity index (χ1v) is 9.26. The second-order valence-corrected chi connectivity index (χ2v) is 7.50.